The van der Waals surface area contributed by atoms with Crippen LogP contribution in [0.25, 0.3) is 11.0 Å². The van der Waals surface area contributed by atoms with E-state index < -0.39 is 0 Å². The Labute approximate surface area is 124 Å². The van der Waals surface area contributed by atoms with E-state index in [9.17, 15) is 0 Å². The van der Waals surface area contributed by atoms with Crippen molar-refractivity contribution in [2.45, 2.75) is 6.04 Å². The zero-order valence-electron chi connectivity index (χ0n) is 10.6. The van der Waals surface area contributed by atoms with Crippen LogP contribution in [0.3, 0.4) is 0 Å². The topological polar surface area (TPSA) is 49.9 Å². The van der Waals surface area contributed by atoms with Gasteiger partial charge in [0.1, 0.15) is 12.4 Å². The number of hydrogen-bond acceptors (Lipinski definition) is 3. The maximum absolute atomic E-state index is 5.83. The largest absolute Gasteiger partial charge is 0.489 e. The van der Waals surface area contributed by atoms with Crippen molar-refractivity contribution in [2.75, 3.05) is 11.9 Å². The van der Waals surface area contributed by atoms with Crippen LogP contribution in [0.15, 0.2) is 47.2 Å². The summed E-state index contributed by atoms with van der Waals surface area (Å²) in [6.07, 6.45) is 1.71. The van der Waals surface area contributed by atoms with Crippen LogP contribution in [0.2, 0.25) is 0 Å². The Hall–Kier alpha value is -2.01. The van der Waals surface area contributed by atoms with Crippen molar-refractivity contribution in [3.8, 4) is 5.75 Å². The van der Waals surface area contributed by atoms with E-state index in [2.05, 4.69) is 43.3 Å². The third kappa shape index (κ3) is 1.94. The summed E-state index contributed by atoms with van der Waals surface area (Å²) in [5.41, 5.74) is 4.23. The molecule has 1 aliphatic rings. The van der Waals surface area contributed by atoms with Crippen LogP contribution < -0.4 is 10.1 Å². The van der Waals surface area contributed by atoms with Crippen LogP contribution in [0.1, 0.15) is 11.6 Å². The minimum atomic E-state index is 0.143. The number of benzene rings is 2. The van der Waals surface area contributed by atoms with E-state index >= 15 is 0 Å². The molecule has 4 nitrogen and oxygen atoms in total. The Kier molecular flexibility index (Phi) is 2.67. The van der Waals surface area contributed by atoms with Gasteiger partial charge in [0.25, 0.3) is 0 Å². The van der Waals surface area contributed by atoms with E-state index in [1.807, 2.05) is 24.3 Å². The van der Waals surface area contributed by atoms with Gasteiger partial charge in [-0.1, -0.05) is 22.0 Å². The van der Waals surface area contributed by atoms with Crippen molar-refractivity contribution in [2.24, 2.45) is 0 Å². The van der Waals surface area contributed by atoms with Gasteiger partial charge in [-0.05, 0) is 35.9 Å². The molecule has 1 atom stereocenters. The van der Waals surface area contributed by atoms with Gasteiger partial charge in [-0.25, -0.2) is 4.98 Å². The summed E-state index contributed by atoms with van der Waals surface area (Å²) in [7, 11) is 0. The van der Waals surface area contributed by atoms with Crippen LogP contribution in [0.4, 0.5) is 5.69 Å². The molecule has 2 heterocycles. The van der Waals surface area contributed by atoms with Crippen LogP contribution in [0, 0.1) is 0 Å². The standard InChI is InChI=1S/C15H12BrN3O/c16-10-2-4-15-13(6-10)19-14(7-20-15)9-1-3-11-12(5-9)18-8-17-11/h1-6,8,14,19H,7H2,(H,17,18). The van der Waals surface area contributed by atoms with Crippen LogP contribution in [0.5, 0.6) is 5.75 Å². The maximum Gasteiger partial charge on any atom is 0.142 e. The quantitative estimate of drug-likeness (QED) is 0.712. The van der Waals surface area contributed by atoms with E-state index in [0.29, 0.717) is 6.61 Å². The number of nitrogens with zero attached hydrogens (tertiary/aromatic N) is 1. The third-order valence-corrected chi connectivity index (χ3v) is 4.02. The van der Waals surface area contributed by atoms with Gasteiger partial charge in [0, 0.05) is 4.47 Å². The predicted octanol–water partition coefficient (Wildman–Crippen LogP) is 3.87. The fourth-order valence-corrected chi connectivity index (χ4v) is 2.85. The van der Waals surface area contributed by atoms with Crippen molar-refractivity contribution < 1.29 is 4.74 Å². The highest BCUT2D eigenvalue weighted by Gasteiger charge is 2.20. The highest BCUT2D eigenvalue weighted by atomic mass is 79.9. The maximum atomic E-state index is 5.83. The number of fused-ring (bicyclic) bond motifs is 2. The summed E-state index contributed by atoms with van der Waals surface area (Å²) in [5.74, 6) is 0.895. The van der Waals surface area contributed by atoms with Crippen molar-refractivity contribution in [3.05, 3.63) is 52.8 Å². The van der Waals surface area contributed by atoms with Gasteiger partial charge in [0.05, 0.1) is 29.1 Å². The summed E-state index contributed by atoms with van der Waals surface area (Å²) < 4.78 is 6.87. The molecule has 0 fully saturated rings. The molecular formula is C15H12BrN3O. The van der Waals surface area contributed by atoms with E-state index in [-0.39, 0.29) is 6.04 Å². The summed E-state index contributed by atoms with van der Waals surface area (Å²) in [4.78, 5) is 7.38. The average Bonchev–Trinajstić information content (AvgIpc) is 2.93. The van der Waals surface area contributed by atoms with Gasteiger partial charge in [-0.3, -0.25) is 0 Å². The number of aromatic amines is 1. The molecule has 1 unspecified atom stereocenters. The summed E-state index contributed by atoms with van der Waals surface area (Å²) in [6, 6.07) is 12.4. The van der Waals surface area contributed by atoms with Gasteiger partial charge in [0.15, 0.2) is 0 Å². The summed E-state index contributed by atoms with van der Waals surface area (Å²) in [5, 5.41) is 3.52. The minimum Gasteiger partial charge on any atom is -0.489 e. The third-order valence-electron chi connectivity index (χ3n) is 3.52. The molecule has 3 aromatic rings. The molecule has 0 radical (unpaired) electrons. The van der Waals surface area contributed by atoms with Gasteiger partial charge < -0.3 is 15.0 Å². The second-order valence-corrected chi connectivity index (χ2v) is 5.74. The Morgan fingerprint density at radius 1 is 1.20 bits per heavy atom. The van der Waals surface area contributed by atoms with E-state index in [1.54, 1.807) is 6.33 Å². The average molecular weight is 330 g/mol. The molecular weight excluding hydrogens is 318 g/mol. The highest BCUT2D eigenvalue weighted by molar-refractivity contribution is 9.10. The molecule has 100 valence electrons. The van der Waals surface area contributed by atoms with Crippen molar-refractivity contribution in [3.63, 3.8) is 0 Å². The summed E-state index contributed by atoms with van der Waals surface area (Å²) >= 11 is 3.49. The highest BCUT2D eigenvalue weighted by Crippen LogP contribution is 2.35. The SMILES string of the molecule is Brc1ccc2c(c1)NC(c1ccc3nc[nH]c3c1)CO2. The Balaban J connectivity index is 1.69. The van der Waals surface area contributed by atoms with Crippen LogP contribution in [-0.2, 0) is 0 Å². The monoisotopic (exact) mass is 329 g/mol. The normalized spacial score (nSPS) is 17.4. The van der Waals surface area contributed by atoms with E-state index in [1.165, 1.54) is 5.56 Å². The number of anilines is 1. The predicted molar refractivity (Wildman–Crippen MR) is 82.1 cm³/mol. The summed E-state index contributed by atoms with van der Waals surface area (Å²) in [6.45, 7) is 0.619. The first-order valence-electron chi connectivity index (χ1n) is 6.41. The molecule has 1 aromatic heterocycles. The zero-order valence-corrected chi connectivity index (χ0v) is 12.1. The van der Waals surface area contributed by atoms with Crippen molar-refractivity contribution in [1.29, 1.82) is 0 Å². The molecule has 0 aliphatic carbocycles. The first-order valence-corrected chi connectivity index (χ1v) is 7.21. The Bertz CT molecular complexity index is 784. The first-order chi connectivity index (χ1) is 9.79. The van der Waals surface area contributed by atoms with E-state index in [4.69, 9.17) is 4.74 Å². The zero-order chi connectivity index (χ0) is 13.5. The molecule has 0 saturated carbocycles. The number of aromatic nitrogens is 2. The molecule has 20 heavy (non-hydrogen) atoms. The van der Waals surface area contributed by atoms with E-state index in [0.717, 1.165) is 26.9 Å². The molecule has 4 rings (SSSR count). The fourth-order valence-electron chi connectivity index (χ4n) is 2.49. The number of halogens is 1. The number of nitrogens with one attached hydrogen (secondary N) is 2. The molecule has 0 amide bonds. The number of imidazole rings is 1. The van der Waals surface area contributed by atoms with Gasteiger partial charge in [-0.15, -0.1) is 0 Å². The number of H-pyrrole nitrogens is 1. The molecule has 2 aromatic carbocycles. The molecule has 0 bridgehead atoms. The van der Waals surface area contributed by atoms with Crippen LogP contribution in [-0.4, -0.2) is 16.6 Å². The van der Waals surface area contributed by atoms with Gasteiger partial charge >= 0.3 is 0 Å². The molecule has 0 spiro atoms. The molecule has 1 aliphatic heterocycles. The molecule has 5 heteroatoms. The molecule has 0 saturated heterocycles. The van der Waals surface area contributed by atoms with Crippen molar-refractivity contribution >= 4 is 32.7 Å². The Morgan fingerprint density at radius 2 is 2.15 bits per heavy atom. The smallest absolute Gasteiger partial charge is 0.142 e. The van der Waals surface area contributed by atoms with Crippen LogP contribution >= 0.6 is 15.9 Å². The lowest BCUT2D eigenvalue weighted by Crippen LogP contribution is -2.23. The second-order valence-electron chi connectivity index (χ2n) is 4.83. The van der Waals surface area contributed by atoms with Crippen molar-refractivity contribution in [1.82, 2.24) is 9.97 Å². The first kappa shape index (κ1) is 11.8. The molecule has 2 N–H and O–H groups in total. The second kappa shape index (κ2) is 4.52. The lowest BCUT2D eigenvalue weighted by atomic mass is 10.0. The Morgan fingerprint density at radius 3 is 3.10 bits per heavy atom. The van der Waals surface area contributed by atoms with Gasteiger partial charge in [-0.2, -0.15) is 0 Å². The minimum absolute atomic E-state index is 0.143. The fraction of sp³-hybridized carbons (Fsp3) is 0.133. The number of hydrogen-bond donors (Lipinski definition) is 2. The number of rotatable bonds is 1. The lowest BCUT2D eigenvalue weighted by molar-refractivity contribution is 0.286. The van der Waals surface area contributed by atoms with Gasteiger partial charge in [0.2, 0.25) is 0 Å². The number of ether oxygens (including phenoxy) is 1. The lowest BCUT2D eigenvalue weighted by Gasteiger charge is -2.28.